The number of carbonyl (C=O) groups is 1. The van der Waals surface area contributed by atoms with Gasteiger partial charge in [-0.25, -0.2) is 0 Å². The fourth-order valence-electron chi connectivity index (χ4n) is 2.76. The molecule has 132 valence electrons. The molecule has 0 radical (unpaired) electrons. The van der Waals surface area contributed by atoms with Crippen molar-refractivity contribution in [1.82, 2.24) is 4.90 Å². The second-order valence-electron chi connectivity index (χ2n) is 5.98. The number of benzene rings is 1. The van der Waals surface area contributed by atoms with Crippen molar-refractivity contribution in [3.8, 4) is 0 Å². The molecule has 1 aromatic carbocycles. The van der Waals surface area contributed by atoms with E-state index in [1.807, 2.05) is 29.2 Å². The summed E-state index contributed by atoms with van der Waals surface area (Å²) in [5.74, 6) is 0.105. The highest BCUT2D eigenvalue weighted by molar-refractivity contribution is 5.94. The Labute approximate surface area is 152 Å². The van der Waals surface area contributed by atoms with Gasteiger partial charge in [-0.15, -0.1) is 24.8 Å². The summed E-state index contributed by atoms with van der Waals surface area (Å²) in [5.41, 5.74) is 7.87. The number of hydrogen-bond acceptors (Lipinski definition) is 3. The molecule has 0 aromatic heterocycles. The third kappa shape index (κ3) is 6.21. The predicted molar refractivity (Wildman–Crippen MR) is 102 cm³/mol. The molecule has 23 heavy (non-hydrogen) atoms. The Kier molecular flexibility index (Phi) is 10.3. The van der Waals surface area contributed by atoms with Crippen molar-refractivity contribution in [3.63, 3.8) is 0 Å². The van der Waals surface area contributed by atoms with Gasteiger partial charge in [-0.05, 0) is 43.5 Å². The van der Waals surface area contributed by atoms with Crippen molar-refractivity contribution in [2.45, 2.75) is 38.6 Å². The minimum absolute atomic E-state index is 0. The molecule has 4 nitrogen and oxygen atoms in total. The summed E-state index contributed by atoms with van der Waals surface area (Å²) in [6.45, 7) is 4.74. The molecule has 1 unspecified atom stereocenters. The fourth-order valence-corrected chi connectivity index (χ4v) is 2.76. The highest BCUT2D eigenvalue weighted by atomic mass is 35.5. The monoisotopic (exact) mass is 361 g/mol. The van der Waals surface area contributed by atoms with Crippen LogP contribution in [0.15, 0.2) is 24.3 Å². The van der Waals surface area contributed by atoms with Crippen molar-refractivity contribution in [2.24, 2.45) is 5.73 Å². The summed E-state index contributed by atoms with van der Waals surface area (Å²) < 4.78 is 0. The second kappa shape index (κ2) is 10.7. The number of carbonyl (C=O) groups excluding carboxylic acids is 1. The maximum absolute atomic E-state index is 12.5. The first kappa shape index (κ1) is 22.0. The van der Waals surface area contributed by atoms with Crippen molar-refractivity contribution in [2.75, 3.05) is 31.6 Å². The van der Waals surface area contributed by atoms with Crippen molar-refractivity contribution in [1.29, 1.82) is 0 Å². The predicted octanol–water partition coefficient (Wildman–Crippen LogP) is 3.33. The minimum Gasteiger partial charge on any atom is -0.375 e. The van der Waals surface area contributed by atoms with Crippen molar-refractivity contribution < 1.29 is 4.79 Å². The molecule has 6 heteroatoms. The van der Waals surface area contributed by atoms with E-state index in [-0.39, 0.29) is 36.8 Å². The summed E-state index contributed by atoms with van der Waals surface area (Å²) in [6, 6.07) is 8.06. The molecule has 0 spiro atoms. The van der Waals surface area contributed by atoms with Gasteiger partial charge < -0.3 is 15.5 Å². The number of nitrogens with zero attached hydrogens (tertiary/aromatic N) is 2. The molecule has 2 N–H and O–H groups in total. The highest BCUT2D eigenvalue weighted by Crippen LogP contribution is 2.17. The Hall–Kier alpha value is -0.970. The van der Waals surface area contributed by atoms with Gasteiger partial charge in [-0.3, -0.25) is 4.79 Å². The van der Waals surface area contributed by atoms with Gasteiger partial charge in [-0.2, -0.15) is 0 Å². The average molecular weight is 362 g/mol. The molecule has 1 fully saturated rings. The first-order valence-corrected chi connectivity index (χ1v) is 7.98. The molecule has 1 heterocycles. The first-order chi connectivity index (χ1) is 10.1. The third-order valence-corrected chi connectivity index (χ3v) is 4.15. The van der Waals surface area contributed by atoms with E-state index >= 15 is 0 Å². The molecule has 1 aliphatic rings. The highest BCUT2D eigenvalue weighted by Gasteiger charge is 2.22. The molecule has 0 saturated carbocycles. The van der Waals surface area contributed by atoms with E-state index in [2.05, 4.69) is 18.9 Å². The van der Waals surface area contributed by atoms with Crippen LogP contribution in [0.4, 0.5) is 5.69 Å². The van der Waals surface area contributed by atoms with E-state index in [4.69, 9.17) is 5.73 Å². The Morgan fingerprint density at radius 1 is 1.30 bits per heavy atom. The van der Waals surface area contributed by atoms with Crippen LogP contribution in [-0.4, -0.2) is 43.5 Å². The second-order valence-corrected chi connectivity index (χ2v) is 5.98. The van der Waals surface area contributed by atoms with E-state index in [1.54, 1.807) is 0 Å². The van der Waals surface area contributed by atoms with Gasteiger partial charge in [0.2, 0.25) is 0 Å². The molecule has 1 amide bonds. The van der Waals surface area contributed by atoms with Crippen LogP contribution >= 0.6 is 24.8 Å². The van der Waals surface area contributed by atoms with Gasteiger partial charge in [0.25, 0.3) is 5.91 Å². The summed E-state index contributed by atoms with van der Waals surface area (Å²) in [4.78, 5) is 16.6. The number of rotatable bonds is 5. The third-order valence-electron chi connectivity index (χ3n) is 4.15. The Balaban J connectivity index is 0.00000242. The van der Waals surface area contributed by atoms with Crippen LogP contribution in [0.5, 0.6) is 0 Å². The lowest BCUT2D eigenvalue weighted by atomic mass is 10.1. The first-order valence-electron chi connectivity index (χ1n) is 7.98. The van der Waals surface area contributed by atoms with E-state index in [1.165, 1.54) is 12.8 Å². The number of likely N-dealkylation sites (tertiary alicyclic amines) is 1. The Morgan fingerprint density at radius 3 is 2.52 bits per heavy atom. The zero-order valence-corrected chi connectivity index (χ0v) is 15.7. The van der Waals surface area contributed by atoms with Gasteiger partial charge >= 0.3 is 0 Å². The van der Waals surface area contributed by atoms with E-state index in [0.717, 1.165) is 37.2 Å². The normalized spacial score (nSPS) is 17.0. The minimum atomic E-state index is 0. The number of anilines is 1. The molecule has 1 aromatic rings. The quantitative estimate of drug-likeness (QED) is 0.874. The zero-order valence-electron chi connectivity index (χ0n) is 14.0. The van der Waals surface area contributed by atoms with E-state index in [9.17, 15) is 4.79 Å². The van der Waals surface area contributed by atoms with Crippen LogP contribution in [0.25, 0.3) is 0 Å². The van der Waals surface area contributed by atoms with Crippen LogP contribution in [0.2, 0.25) is 0 Å². The smallest absolute Gasteiger partial charge is 0.253 e. The van der Waals surface area contributed by atoms with Gasteiger partial charge in [0.05, 0.1) is 0 Å². The Morgan fingerprint density at radius 2 is 1.96 bits per heavy atom. The lowest BCUT2D eigenvalue weighted by molar-refractivity contribution is 0.0709. The van der Waals surface area contributed by atoms with Gasteiger partial charge in [0.15, 0.2) is 0 Å². The fraction of sp³-hybridized carbons (Fsp3) is 0.588. The zero-order chi connectivity index (χ0) is 15.2. The number of hydrogen-bond donors (Lipinski definition) is 1. The maximum Gasteiger partial charge on any atom is 0.253 e. The topological polar surface area (TPSA) is 49.6 Å². The number of amides is 1. The van der Waals surface area contributed by atoms with Crippen LogP contribution in [-0.2, 0) is 0 Å². The molecule has 2 rings (SSSR count). The Bertz CT molecular complexity index is 467. The maximum atomic E-state index is 12.5. The van der Waals surface area contributed by atoms with E-state index in [0.29, 0.717) is 6.54 Å². The summed E-state index contributed by atoms with van der Waals surface area (Å²) >= 11 is 0. The number of halogens is 2. The summed E-state index contributed by atoms with van der Waals surface area (Å²) in [5, 5.41) is 0. The van der Waals surface area contributed by atoms with Crippen molar-refractivity contribution in [3.05, 3.63) is 29.8 Å². The van der Waals surface area contributed by atoms with Crippen molar-refractivity contribution >= 4 is 36.4 Å². The summed E-state index contributed by atoms with van der Waals surface area (Å²) in [6.07, 6.45) is 4.40. The van der Waals surface area contributed by atoms with Crippen LogP contribution in [0, 0.1) is 0 Å². The number of unbranched alkanes of at least 4 members (excludes halogenated alkanes) is 1. The molecular formula is C17H29Cl2N3O. The lowest BCUT2D eigenvalue weighted by Crippen LogP contribution is -2.45. The van der Waals surface area contributed by atoms with Crippen LogP contribution in [0.3, 0.4) is 0 Å². The largest absolute Gasteiger partial charge is 0.375 e. The molecule has 0 bridgehead atoms. The van der Waals surface area contributed by atoms with Gasteiger partial charge in [-0.1, -0.05) is 13.3 Å². The number of piperidine rings is 1. The van der Waals surface area contributed by atoms with Crippen LogP contribution < -0.4 is 10.6 Å². The van der Waals surface area contributed by atoms with Gasteiger partial charge in [0, 0.05) is 44.0 Å². The summed E-state index contributed by atoms with van der Waals surface area (Å²) in [7, 11) is 2.09. The SMILES string of the molecule is CCCCN(C)c1ccc(C(=O)N2CCCC(N)C2)cc1.Cl.Cl. The van der Waals surface area contributed by atoms with E-state index < -0.39 is 0 Å². The number of nitrogens with two attached hydrogens (primary N) is 1. The molecule has 1 saturated heterocycles. The average Bonchev–Trinajstić information content (AvgIpc) is 2.52. The van der Waals surface area contributed by atoms with Crippen LogP contribution in [0.1, 0.15) is 43.0 Å². The molecule has 0 aliphatic carbocycles. The van der Waals surface area contributed by atoms with Gasteiger partial charge in [0.1, 0.15) is 0 Å². The molecular weight excluding hydrogens is 333 g/mol. The standard InChI is InChI=1S/C17H27N3O.2ClH/c1-3-4-11-19(2)16-9-7-14(8-10-16)17(21)20-12-5-6-15(18)13-20;;/h7-10,15H,3-6,11-13,18H2,1-2H3;2*1H. The molecule has 1 aliphatic heterocycles. The lowest BCUT2D eigenvalue weighted by Gasteiger charge is -2.31. The molecule has 1 atom stereocenters.